The van der Waals surface area contributed by atoms with Crippen molar-refractivity contribution in [1.82, 2.24) is 0 Å². The molecule has 1 unspecified atom stereocenters. The van der Waals surface area contributed by atoms with Gasteiger partial charge >= 0.3 is 0 Å². The van der Waals surface area contributed by atoms with Crippen LogP contribution < -0.4 is 4.74 Å². The first kappa shape index (κ1) is 12.6. The molecule has 2 nitrogen and oxygen atoms in total. The largest absolute Gasteiger partial charge is 0.474 e. The minimum atomic E-state index is -0.500. The smallest absolute Gasteiger partial charge is 0.184 e. The molecule has 0 aliphatic heterocycles. The predicted octanol–water partition coefficient (Wildman–Crippen LogP) is 4.44. The van der Waals surface area contributed by atoms with Crippen LogP contribution in [0.1, 0.15) is 13.3 Å². The Morgan fingerprint density at radius 2 is 2.13 bits per heavy atom. The monoisotopic (exact) mass is 307 g/mol. The van der Waals surface area contributed by atoms with Gasteiger partial charge in [0.25, 0.3) is 0 Å². The number of rotatable bonds is 3. The Bertz CT molecular complexity index is 403. The minimum absolute atomic E-state index is 0.429. The highest BCUT2D eigenvalue weighted by atomic mass is 79.9. The highest BCUT2D eigenvalue weighted by Crippen LogP contribution is 2.34. The fourth-order valence-electron chi connectivity index (χ4n) is 0.949. The lowest BCUT2D eigenvalue weighted by Gasteiger charge is -2.12. The van der Waals surface area contributed by atoms with Crippen LogP contribution in [0, 0.1) is 11.3 Å². The van der Waals surface area contributed by atoms with Crippen LogP contribution >= 0.6 is 39.1 Å². The maximum Gasteiger partial charge on any atom is 0.184 e. The minimum Gasteiger partial charge on any atom is -0.474 e. The van der Waals surface area contributed by atoms with Gasteiger partial charge in [0.1, 0.15) is 11.8 Å². The van der Waals surface area contributed by atoms with Crippen molar-refractivity contribution >= 4 is 39.1 Å². The van der Waals surface area contributed by atoms with Crippen molar-refractivity contribution < 1.29 is 4.74 Å². The fourth-order valence-corrected chi connectivity index (χ4v) is 1.79. The topological polar surface area (TPSA) is 33.0 Å². The molecule has 0 fully saturated rings. The summed E-state index contributed by atoms with van der Waals surface area (Å²) in [6.07, 6.45) is 0.0975. The van der Waals surface area contributed by atoms with E-state index >= 15 is 0 Å². The molecule has 1 aromatic rings. The molecule has 80 valence electrons. The molecule has 0 saturated heterocycles. The van der Waals surface area contributed by atoms with Crippen molar-refractivity contribution in [2.75, 3.05) is 0 Å². The van der Waals surface area contributed by atoms with Crippen molar-refractivity contribution in [3.8, 4) is 11.8 Å². The van der Waals surface area contributed by atoms with E-state index in [4.69, 9.17) is 33.2 Å². The molecule has 0 heterocycles. The number of nitriles is 1. The predicted molar refractivity (Wildman–Crippen MR) is 64.5 cm³/mol. The molecular weight excluding hydrogens is 301 g/mol. The summed E-state index contributed by atoms with van der Waals surface area (Å²) in [5.74, 6) is 0.429. The lowest BCUT2D eigenvalue weighted by molar-refractivity contribution is 0.252. The normalized spacial score (nSPS) is 11.9. The van der Waals surface area contributed by atoms with Crippen LogP contribution in [0.15, 0.2) is 16.6 Å². The van der Waals surface area contributed by atoms with Crippen molar-refractivity contribution in [3.63, 3.8) is 0 Å². The number of nitrogens with zero attached hydrogens (tertiary/aromatic N) is 1. The van der Waals surface area contributed by atoms with E-state index in [9.17, 15) is 0 Å². The zero-order valence-electron chi connectivity index (χ0n) is 7.93. The van der Waals surface area contributed by atoms with Gasteiger partial charge in [0.05, 0.1) is 10.0 Å². The maximum absolute atomic E-state index is 8.74. The number of halogens is 3. The summed E-state index contributed by atoms with van der Waals surface area (Å²) in [4.78, 5) is 0. The molecule has 1 rings (SSSR count). The summed E-state index contributed by atoms with van der Waals surface area (Å²) in [7, 11) is 0. The van der Waals surface area contributed by atoms with Gasteiger partial charge in [0.15, 0.2) is 6.10 Å². The molecule has 1 aromatic carbocycles. The Morgan fingerprint density at radius 3 is 2.67 bits per heavy atom. The highest BCUT2D eigenvalue weighted by Gasteiger charge is 2.11. The molecule has 0 aromatic heterocycles. The number of hydrogen-bond acceptors (Lipinski definition) is 2. The molecule has 5 heteroatoms. The molecule has 0 aliphatic rings. The molecule has 0 aliphatic carbocycles. The van der Waals surface area contributed by atoms with Gasteiger partial charge in [0.2, 0.25) is 0 Å². The molecule has 0 saturated carbocycles. The van der Waals surface area contributed by atoms with Gasteiger partial charge in [-0.05, 0) is 28.4 Å². The van der Waals surface area contributed by atoms with E-state index in [0.29, 0.717) is 26.7 Å². The van der Waals surface area contributed by atoms with E-state index in [1.807, 2.05) is 13.0 Å². The van der Waals surface area contributed by atoms with Crippen LogP contribution in [0.25, 0.3) is 0 Å². The first-order chi connectivity index (χ1) is 7.08. The maximum atomic E-state index is 8.74. The van der Waals surface area contributed by atoms with Crippen LogP contribution in [0.2, 0.25) is 10.0 Å². The van der Waals surface area contributed by atoms with Crippen molar-refractivity contribution in [2.45, 2.75) is 19.4 Å². The second-order valence-electron chi connectivity index (χ2n) is 2.84. The Morgan fingerprint density at radius 1 is 1.47 bits per heavy atom. The SMILES string of the molecule is CCC(C#N)Oc1cc(Cl)c(Br)cc1Cl. The van der Waals surface area contributed by atoms with Gasteiger partial charge in [-0.3, -0.25) is 0 Å². The molecule has 15 heavy (non-hydrogen) atoms. The Kier molecular flexibility index (Phi) is 4.72. The molecule has 0 bridgehead atoms. The van der Waals surface area contributed by atoms with Crippen molar-refractivity contribution in [1.29, 1.82) is 5.26 Å². The van der Waals surface area contributed by atoms with Gasteiger partial charge in [-0.25, -0.2) is 0 Å². The van der Waals surface area contributed by atoms with Gasteiger partial charge < -0.3 is 4.74 Å². The van der Waals surface area contributed by atoms with Crippen molar-refractivity contribution in [2.24, 2.45) is 0 Å². The molecule has 0 radical (unpaired) electrons. The number of ether oxygens (including phenoxy) is 1. The van der Waals surface area contributed by atoms with Crippen LogP contribution in [-0.2, 0) is 0 Å². The number of benzene rings is 1. The van der Waals surface area contributed by atoms with E-state index in [2.05, 4.69) is 15.9 Å². The lowest BCUT2D eigenvalue weighted by atomic mass is 10.3. The second-order valence-corrected chi connectivity index (χ2v) is 4.51. The number of hydrogen-bond donors (Lipinski definition) is 0. The Balaban J connectivity index is 2.96. The third-order valence-corrected chi connectivity index (χ3v) is 3.25. The highest BCUT2D eigenvalue weighted by molar-refractivity contribution is 9.10. The molecule has 0 spiro atoms. The zero-order chi connectivity index (χ0) is 11.4. The third-order valence-electron chi connectivity index (χ3n) is 1.76. The van der Waals surface area contributed by atoms with E-state index in [0.717, 1.165) is 0 Å². The van der Waals surface area contributed by atoms with Gasteiger partial charge in [-0.2, -0.15) is 5.26 Å². The summed E-state index contributed by atoms with van der Waals surface area (Å²) < 4.78 is 6.08. The summed E-state index contributed by atoms with van der Waals surface area (Å²) >= 11 is 15.1. The Hall–Kier alpha value is -0.430. The lowest BCUT2D eigenvalue weighted by Crippen LogP contribution is -2.12. The summed E-state index contributed by atoms with van der Waals surface area (Å²) in [5.41, 5.74) is 0. The van der Waals surface area contributed by atoms with Crippen LogP contribution in [0.3, 0.4) is 0 Å². The molecule has 0 amide bonds. The van der Waals surface area contributed by atoms with E-state index < -0.39 is 6.10 Å². The Labute approximate surface area is 107 Å². The average Bonchev–Trinajstić information content (AvgIpc) is 2.21. The summed E-state index contributed by atoms with van der Waals surface area (Å²) in [5, 5.41) is 9.67. The first-order valence-corrected chi connectivity index (χ1v) is 5.84. The zero-order valence-corrected chi connectivity index (χ0v) is 11.0. The van der Waals surface area contributed by atoms with E-state index in [1.165, 1.54) is 0 Å². The molecule has 1 atom stereocenters. The fraction of sp³-hybridized carbons (Fsp3) is 0.300. The third kappa shape index (κ3) is 3.27. The summed E-state index contributed by atoms with van der Waals surface area (Å²) in [6, 6.07) is 5.26. The second kappa shape index (κ2) is 5.60. The van der Waals surface area contributed by atoms with Crippen LogP contribution in [0.4, 0.5) is 0 Å². The van der Waals surface area contributed by atoms with E-state index in [-0.39, 0.29) is 0 Å². The molecule has 0 N–H and O–H groups in total. The quantitative estimate of drug-likeness (QED) is 0.774. The summed E-state index contributed by atoms with van der Waals surface area (Å²) in [6.45, 7) is 1.86. The van der Waals surface area contributed by atoms with Gasteiger partial charge in [0, 0.05) is 10.5 Å². The van der Waals surface area contributed by atoms with E-state index in [1.54, 1.807) is 12.1 Å². The first-order valence-electron chi connectivity index (χ1n) is 4.29. The van der Waals surface area contributed by atoms with Gasteiger partial charge in [-0.15, -0.1) is 0 Å². The van der Waals surface area contributed by atoms with Crippen molar-refractivity contribution in [3.05, 3.63) is 26.7 Å². The van der Waals surface area contributed by atoms with Crippen LogP contribution in [-0.4, -0.2) is 6.10 Å². The standard InChI is InChI=1S/C10H8BrCl2NO/c1-2-6(5-14)15-10-4-8(12)7(11)3-9(10)13/h3-4,6H,2H2,1H3. The van der Waals surface area contributed by atoms with Crippen LogP contribution in [0.5, 0.6) is 5.75 Å². The molecular formula is C10H8BrCl2NO. The van der Waals surface area contributed by atoms with Gasteiger partial charge in [-0.1, -0.05) is 30.1 Å². The average molecular weight is 309 g/mol.